The Morgan fingerprint density at radius 1 is 1.47 bits per heavy atom. The van der Waals surface area contributed by atoms with Gasteiger partial charge in [-0.05, 0) is 19.3 Å². The third-order valence-corrected chi connectivity index (χ3v) is 3.14. The van der Waals surface area contributed by atoms with Crippen LogP contribution in [-0.4, -0.2) is 47.9 Å². The molecule has 1 fully saturated rings. The van der Waals surface area contributed by atoms with Crippen LogP contribution in [0.4, 0.5) is 0 Å². The summed E-state index contributed by atoms with van der Waals surface area (Å²) in [5.41, 5.74) is 0. The van der Waals surface area contributed by atoms with Crippen molar-refractivity contribution >= 4 is 12.2 Å². The number of piperidine rings is 1. The molecule has 0 radical (unpaired) electrons. The van der Waals surface area contributed by atoms with E-state index in [1.807, 2.05) is 6.21 Å². The third kappa shape index (κ3) is 2.56. The predicted molar refractivity (Wildman–Crippen MR) is 61.4 cm³/mol. The molecular formula is C11H19N3O. The fourth-order valence-electron chi connectivity index (χ4n) is 1.94. The summed E-state index contributed by atoms with van der Waals surface area (Å²) in [4.78, 5) is 11.1. The highest BCUT2D eigenvalue weighted by Gasteiger charge is 2.21. The lowest BCUT2D eigenvalue weighted by atomic mass is 10.1. The molecule has 1 unspecified atom stereocenters. The molecular weight excluding hydrogens is 190 g/mol. The van der Waals surface area contributed by atoms with Crippen molar-refractivity contribution in [2.45, 2.75) is 32.3 Å². The van der Waals surface area contributed by atoms with Gasteiger partial charge in [-0.2, -0.15) is 0 Å². The zero-order valence-corrected chi connectivity index (χ0v) is 9.26. The molecule has 0 saturated carbocycles. The van der Waals surface area contributed by atoms with E-state index in [-0.39, 0.29) is 6.10 Å². The summed E-state index contributed by atoms with van der Waals surface area (Å²) in [5.74, 6) is 1.38. The molecule has 0 spiro atoms. The van der Waals surface area contributed by atoms with Crippen molar-refractivity contribution in [1.82, 2.24) is 4.90 Å². The van der Waals surface area contributed by atoms with Gasteiger partial charge in [-0.3, -0.25) is 4.99 Å². The SMILES string of the molecule is CCC1C=NC(N2CCC(O)CC2)=NC1. The maximum absolute atomic E-state index is 9.40. The van der Waals surface area contributed by atoms with Gasteiger partial charge in [0, 0.05) is 25.2 Å². The first-order chi connectivity index (χ1) is 7.29. The molecule has 4 heteroatoms. The molecule has 84 valence electrons. The molecule has 0 aromatic rings. The van der Waals surface area contributed by atoms with E-state index >= 15 is 0 Å². The quantitative estimate of drug-likeness (QED) is 0.698. The number of hydrogen-bond acceptors (Lipinski definition) is 4. The third-order valence-electron chi connectivity index (χ3n) is 3.14. The Hall–Kier alpha value is -0.900. The molecule has 0 aromatic heterocycles. The Labute approximate surface area is 90.7 Å². The van der Waals surface area contributed by atoms with Gasteiger partial charge < -0.3 is 10.0 Å². The molecule has 1 saturated heterocycles. The van der Waals surface area contributed by atoms with E-state index in [0.29, 0.717) is 5.92 Å². The van der Waals surface area contributed by atoms with E-state index in [4.69, 9.17) is 0 Å². The highest BCUT2D eigenvalue weighted by molar-refractivity contribution is 5.90. The first kappa shape index (κ1) is 10.6. The van der Waals surface area contributed by atoms with Gasteiger partial charge in [0.2, 0.25) is 5.96 Å². The summed E-state index contributed by atoms with van der Waals surface area (Å²) in [6, 6.07) is 0. The minimum Gasteiger partial charge on any atom is -0.393 e. The Morgan fingerprint density at radius 2 is 2.20 bits per heavy atom. The standard InChI is InChI=1S/C11H19N3O/c1-2-9-7-12-11(13-8-9)14-5-3-10(15)4-6-14/h7,9-10,15H,2-6,8H2,1H3. The summed E-state index contributed by atoms with van der Waals surface area (Å²) in [7, 11) is 0. The summed E-state index contributed by atoms with van der Waals surface area (Å²) in [5, 5.41) is 9.40. The van der Waals surface area contributed by atoms with Crippen LogP contribution in [0.15, 0.2) is 9.98 Å². The summed E-state index contributed by atoms with van der Waals surface area (Å²) in [6.45, 7) is 4.80. The van der Waals surface area contributed by atoms with E-state index in [1.165, 1.54) is 0 Å². The maximum Gasteiger partial charge on any atom is 0.220 e. The molecule has 0 aromatic carbocycles. The zero-order valence-electron chi connectivity index (χ0n) is 9.26. The average Bonchev–Trinajstić information content (AvgIpc) is 2.30. The van der Waals surface area contributed by atoms with Crippen LogP contribution in [0.1, 0.15) is 26.2 Å². The second kappa shape index (κ2) is 4.75. The molecule has 4 nitrogen and oxygen atoms in total. The molecule has 1 atom stereocenters. The highest BCUT2D eigenvalue weighted by Crippen LogP contribution is 2.13. The van der Waals surface area contributed by atoms with Crippen molar-refractivity contribution in [2.75, 3.05) is 19.6 Å². The Morgan fingerprint density at radius 3 is 2.73 bits per heavy atom. The van der Waals surface area contributed by atoms with E-state index < -0.39 is 0 Å². The van der Waals surface area contributed by atoms with Crippen molar-refractivity contribution in [3.8, 4) is 0 Å². The fourth-order valence-corrected chi connectivity index (χ4v) is 1.94. The lowest BCUT2D eigenvalue weighted by Gasteiger charge is -2.31. The molecule has 2 aliphatic heterocycles. The number of guanidine groups is 1. The number of hydrogen-bond donors (Lipinski definition) is 1. The summed E-state index contributed by atoms with van der Waals surface area (Å²) < 4.78 is 0. The fraction of sp³-hybridized carbons (Fsp3) is 0.818. The van der Waals surface area contributed by atoms with Gasteiger partial charge in [0.25, 0.3) is 0 Å². The van der Waals surface area contributed by atoms with Crippen LogP contribution in [0, 0.1) is 5.92 Å². The van der Waals surface area contributed by atoms with Crippen LogP contribution >= 0.6 is 0 Å². The van der Waals surface area contributed by atoms with Gasteiger partial charge in [-0.25, -0.2) is 4.99 Å². The minimum absolute atomic E-state index is 0.127. The molecule has 0 bridgehead atoms. The maximum atomic E-state index is 9.40. The summed E-state index contributed by atoms with van der Waals surface area (Å²) in [6.07, 6.45) is 4.68. The largest absolute Gasteiger partial charge is 0.393 e. The number of likely N-dealkylation sites (tertiary alicyclic amines) is 1. The number of nitrogens with zero attached hydrogens (tertiary/aromatic N) is 3. The van der Waals surface area contributed by atoms with Crippen molar-refractivity contribution < 1.29 is 5.11 Å². The van der Waals surface area contributed by atoms with Gasteiger partial charge >= 0.3 is 0 Å². The lowest BCUT2D eigenvalue weighted by molar-refractivity contribution is 0.108. The van der Waals surface area contributed by atoms with Crippen molar-refractivity contribution in [2.24, 2.45) is 15.9 Å². The molecule has 15 heavy (non-hydrogen) atoms. The highest BCUT2D eigenvalue weighted by atomic mass is 16.3. The number of aliphatic hydroxyl groups is 1. The smallest absolute Gasteiger partial charge is 0.220 e. The van der Waals surface area contributed by atoms with Crippen LogP contribution in [0.5, 0.6) is 0 Å². The van der Waals surface area contributed by atoms with Crippen LogP contribution in [0.3, 0.4) is 0 Å². The predicted octanol–water partition coefficient (Wildman–Crippen LogP) is 0.910. The van der Waals surface area contributed by atoms with Crippen LogP contribution < -0.4 is 0 Å². The van der Waals surface area contributed by atoms with Crippen molar-refractivity contribution in [1.29, 1.82) is 0 Å². The monoisotopic (exact) mass is 209 g/mol. The second-order valence-electron chi connectivity index (χ2n) is 4.31. The zero-order chi connectivity index (χ0) is 10.7. The Kier molecular flexibility index (Phi) is 3.36. The summed E-state index contributed by atoms with van der Waals surface area (Å²) >= 11 is 0. The van der Waals surface area contributed by atoms with Crippen molar-refractivity contribution in [3.63, 3.8) is 0 Å². The van der Waals surface area contributed by atoms with E-state index in [9.17, 15) is 5.11 Å². The van der Waals surface area contributed by atoms with E-state index in [0.717, 1.165) is 44.9 Å². The number of aliphatic imine (C=N–C) groups is 2. The topological polar surface area (TPSA) is 48.2 Å². The van der Waals surface area contributed by atoms with Crippen LogP contribution in [0.25, 0.3) is 0 Å². The first-order valence-electron chi connectivity index (χ1n) is 5.81. The van der Waals surface area contributed by atoms with Gasteiger partial charge in [0.05, 0.1) is 12.6 Å². The number of aliphatic hydroxyl groups excluding tert-OH is 1. The Bertz CT molecular complexity index is 267. The van der Waals surface area contributed by atoms with Crippen LogP contribution in [0.2, 0.25) is 0 Å². The van der Waals surface area contributed by atoms with Crippen LogP contribution in [-0.2, 0) is 0 Å². The Balaban J connectivity index is 1.90. The van der Waals surface area contributed by atoms with E-state index in [1.54, 1.807) is 0 Å². The molecule has 2 heterocycles. The molecule has 2 rings (SSSR count). The average molecular weight is 209 g/mol. The van der Waals surface area contributed by atoms with Gasteiger partial charge in [0.1, 0.15) is 0 Å². The lowest BCUT2D eigenvalue weighted by Crippen LogP contribution is -2.40. The second-order valence-corrected chi connectivity index (χ2v) is 4.31. The van der Waals surface area contributed by atoms with Gasteiger partial charge in [-0.15, -0.1) is 0 Å². The molecule has 1 N–H and O–H groups in total. The molecule has 0 amide bonds. The van der Waals surface area contributed by atoms with Gasteiger partial charge in [-0.1, -0.05) is 6.92 Å². The van der Waals surface area contributed by atoms with Gasteiger partial charge in [0.15, 0.2) is 0 Å². The molecule has 0 aliphatic carbocycles. The first-order valence-corrected chi connectivity index (χ1v) is 5.81. The number of rotatable bonds is 1. The molecule has 2 aliphatic rings. The van der Waals surface area contributed by atoms with Crippen molar-refractivity contribution in [3.05, 3.63) is 0 Å². The minimum atomic E-state index is -0.127. The van der Waals surface area contributed by atoms with E-state index in [2.05, 4.69) is 21.8 Å². The normalized spacial score (nSPS) is 28.0.